The van der Waals surface area contributed by atoms with Gasteiger partial charge in [0.15, 0.2) is 0 Å². The normalized spacial score (nSPS) is 26.9. The maximum Gasteiger partial charge on any atom is 0.0961 e. The van der Waals surface area contributed by atoms with Gasteiger partial charge in [0.1, 0.15) is 0 Å². The number of nitrogens with zero attached hydrogens (tertiary/aromatic N) is 1. The molecule has 1 unspecified atom stereocenters. The lowest BCUT2D eigenvalue weighted by Crippen LogP contribution is -2.07. The van der Waals surface area contributed by atoms with Crippen LogP contribution in [-0.2, 0) is 0 Å². The Hall–Kier alpha value is -0.410. The number of aromatic nitrogens is 1. The van der Waals surface area contributed by atoms with Gasteiger partial charge in [-0.15, -0.1) is 11.3 Å². The minimum atomic E-state index is 0.747. The fourth-order valence-corrected chi connectivity index (χ4v) is 3.89. The molecule has 0 radical (unpaired) electrons. The topological polar surface area (TPSA) is 24.9 Å². The second-order valence-electron chi connectivity index (χ2n) is 4.82. The predicted octanol–water partition coefficient (Wildman–Crippen LogP) is 2.80. The molecule has 3 heteroatoms. The van der Waals surface area contributed by atoms with Crippen LogP contribution in [0.3, 0.4) is 0 Å². The molecule has 15 heavy (non-hydrogen) atoms. The molecule has 0 amide bonds. The predicted molar refractivity (Wildman–Crippen MR) is 63.7 cm³/mol. The third-order valence-corrected chi connectivity index (χ3v) is 5.22. The van der Waals surface area contributed by atoms with E-state index in [9.17, 15) is 0 Å². The van der Waals surface area contributed by atoms with Crippen molar-refractivity contribution in [2.24, 2.45) is 0 Å². The van der Waals surface area contributed by atoms with Crippen LogP contribution < -0.4 is 5.32 Å². The van der Waals surface area contributed by atoms with E-state index >= 15 is 0 Å². The molecule has 82 valence electrons. The summed E-state index contributed by atoms with van der Waals surface area (Å²) < 4.78 is 0. The molecule has 2 aliphatic rings. The van der Waals surface area contributed by atoms with Gasteiger partial charge in [-0.2, -0.15) is 0 Å². The Balaban J connectivity index is 1.84. The van der Waals surface area contributed by atoms with Crippen molar-refractivity contribution in [3.8, 4) is 0 Å². The smallest absolute Gasteiger partial charge is 0.0961 e. The summed E-state index contributed by atoms with van der Waals surface area (Å²) >= 11 is 1.99. The van der Waals surface area contributed by atoms with Crippen molar-refractivity contribution >= 4 is 11.3 Å². The first-order valence-electron chi connectivity index (χ1n) is 6.02. The number of hydrogen-bond acceptors (Lipinski definition) is 3. The van der Waals surface area contributed by atoms with Gasteiger partial charge in [-0.25, -0.2) is 4.98 Å². The minimum absolute atomic E-state index is 0.747. The van der Waals surface area contributed by atoms with Gasteiger partial charge in [0.25, 0.3) is 0 Å². The van der Waals surface area contributed by atoms with E-state index < -0.39 is 0 Å². The van der Waals surface area contributed by atoms with Crippen LogP contribution >= 0.6 is 11.3 Å². The van der Waals surface area contributed by atoms with Gasteiger partial charge in [-0.3, -0.25) is 0 Å². The summed E-state index contributed by atoms with van der Waals surface area (Å²) in [5.41, 5.74) is 1.30. The van der Waals surface area contributed by atoms with Crippen LogP contribution in [0.5, 0.6) is 0 Å². The minimum Gasteiger partial charge on any atom is -0.316 e. The second kappa shape index (κ2) is 3.87. The summed E-state index contributed by atoms with van der Waals surface area (Å²) in [7, 11) is 0. The standard InChI is InChI=1S/C12H18N2S/c1-8-11(10-5-6-13-7-10)15-12(14-8)9-3-2-4-9/h9-10,13H,2-7H2,1H3. The first kappa shape index (κ1) is 9.79. The van der Waals surface area contributed by atoms with E-state index in [-0.39, 0.29) is 0 Å². The third kappa shape index (κ3) is 1.72. The van der Waals surface area contributed by atoms with Crippen molar-refractivity contribution in [2.75, 3.05) is 13.1 Å². The molecule has 1 atom stereocenters. The summed E-state index contributed by atoms with van der Waals surface area (Å²) in [5, 5.41) is 4.86. The number of thiazole rings is 1. The molecule has 0 bridgehead atoms. The fourth-order valence-electron chi connectivity index (χ4n) is 2.52. The van der Waals surface area contributed by atoms with Crippen molar-refractivity contribution in [1.29, 1.82) is 0 Å². The zero-order chi connectivity index (χ0) is 10.3. The molecule has 0 aromatic carbocycles. The van der Waals surface area contributed by atoms with Crippen LogP contribution in [0.2, 0.25) is 0 Å². The van der Waals surface area contributed by atoms with Crippen molar-refractivity contribution in [1.82, 2.24) is 10.3 Å². The van der Waals surface area contributed by atoms with Crippen molar-refractivity contribution in [3.63, 3.8) is 0 Å². The van der Waals surface area contributed by atoms with Gasteiger partial charge >= 0.3 is 0 Å². The Morgan fingerprint density at radius 1 is 1.27 bits per heavy atom. The van der Waals surface area contributed by atoms with E-state index in [1.165, 1.54) is 42.9 Å². The van der Waals surface area contributed by atoms with Gasteiger partial charge in [0, 0.05) is 23.3 Å². The van der Waals surface area contributed by atoms with Gasteiger partial charge in [0.05, 0.1) is 10.7 Å². The van der Waals surface area contributed by atoms with Crippen LogP contribution in [0, 0.1) is 6.92 Å². The Bertz CT molecular complexity index is 349. The second-order valence-corrected chi connectivity index (χ2v) is 5.88. The van der Waals surface area contributed by atoms with E-state index in [1.54, 1.807) is 4.88 Å². The average Bonchev–Trinajstić information content (AvgIpc) is 2.70. The Kier molecular flexibility index (Phi) is 2.53. The van der Waals surface area contributed by atoms with E-state index in [2.05, 4.69) is 12.2 Å². The zero-order valence-electron chi connectivity index (χ0n) is 9.25. The van der Waals surface area contributed by atoms with Gasteiger partial charge in [0.2, 0.25) is 0 Å². The largest absolute Gasteiger partial charge is 0.316 e. The maximum atomic E-state index is 4.77. The number of rotatable bonds is 2. The monoisotopic (exact) mass is 222 g/mol. The lowest BCUT2D eigenvalue weighted by atomic mass is 9.86. The molecule has 2 nitrogen and oxygen atoms in total. The molecule has 1 aliphatic heterocycles. The number of nitrogens with one attached hydrogen (secondary N) is 1. The molecule has 1 aliphatic carbocycles. The summed E-state index contributed by atoms with van der Waals surface area (Å²) in [4.78, 5) is 6.33. The van der Waals surface area contributed by atoms with Crippen molar-refractivity contribution in [2.45, 2.75) is 44.4 Å². The van der Waals surface area contributed by atoms with E-state index in [0.717, 1.165) is 18.4 Å². The summed E-state index contributed by atoms with van der Waals surface area (Å²) in [5.74, 6) is 1.55. The highest BCUT2D eigenvalue weighted by Gasteiger charge is 2.27. The molecule has 1 saturated carbocycles. The number of hydrogen-bond donors (Lipinski definition) is 1. The molecular formula is C12H18N2S. The SMILES string of the molecule is Cc1nc(C2CCC2)sc1C1CCNC1. The maximum absolute atomic E-state index is 4.77. The van der Waals surface area contributed by atoms with Crippen molar-refractivity contribution < 1.29 is 0 Å². The highest BCUT2D eigenvalue weighted by molar-refractivity contribution is 7.12. The fraction of sp³-hybridized carbons (Fsp3) is 0.750. The van der Waals surface area contributed by atoms with Crippen LogP contribution in [-0.4, -0.2) is 18.1 Å². The molecule has 0 spiro atoms. The van der Waals surface area contributed by atoms with Gasteiger partial charge in [-0.1, -0.05) is 6.42 Å². The Morgan fingerprint density at radius 2 is 2.13 bits per heavy atom. The lowest BCUT2D eigenvalue weighted by molar-refractivity contribution is 0.418. The van der Waals surface area contributed by atoms with Crippen LogP contribution in [0.1, 0.15) is 53.1 Å². The lowest BCUT2D eigenvalue weighted by Gasteiger charge is -2.22. The first-order valence-corrected chi connectivity index (χ1v) is 6.84. The average molecular weight is 222 g/mol. The molecule has 1 aromatic rings. The number of aryl methyl sites for hydroxylation is 1. The van der Waals surface area contributed by atoms with Crippen molar-refractivity contribution in [3.05, 3.63) is 15.6 Å². The Morgan fingerprint density at radius 3 is 2.73 bits per heavy atom. The highest BCUT2D eigenvalue weighted by atomic mass is 32.1. The zero-order valence-corrected chi connectivity index (χ0v) is 10.1. The molecule has 1 aromatic heterocycles. The summed E-state index contributed by atoms with van der Waals surface area (Å²) in [6.45, 7) is 4.53. The molecule has 3 rings (SSSR count). The van der Waals surface area contributed by atoms with Crippen LogP contribution in [0.4, 0.5) is 0 Å². The summed E-state index contributed by atoms with van der Waals surface area (Å²) in [6, 6.07) is 0. The third-order valence-electron chi connectivity index (χ3n) is 3.73. The van der Waals surface area contributed by atoms with Crippen LogP contribution in [0.15, 0.2) is 0 Å². The van der Waals surface area contributed by atoms with Gasteiger partial charge < -0.3 is 5.32 Å². The van der Waals surface area contributed by atoms with E-state index in [0.29, 0.717) is 0 Å². The molecular weight excluding hydrogens is 204 g/mol. The molecule has 2 heterocycles. The van der Waals surface area contributed by atoms with Crippen LogP contribution in [0.25, 0.3) is 0 Å². The quantitative estimate of drug-likeness (QED) is 0.832. The molecule has 2 fully saturated rings. The first-order chi connectivity index (χ1) is 7.34. The van der Waals surface area contributed by atoms with Gasteiger partial charge in [-0.05, 0) is 32.7 Å². The van der Waals surface area contributed by atoms with E-state index in [1.807, 2.05) is 11.3 Å². The highest BCUT2D eigenvalue weighted by Crippen LogP contribution is 2.41. The molecule has 1 N–H and O–H groups in total. The molecule has 1 saturated heterocycles. The Labute approximate surface area is 95.1 Å². The summed E-state index contributed by atoms with van der Waals surface area (Å²) in [6.07, 6.45) is 5.45. The van der Waals surface area contributed by atoms with E-state index in [4.69, 9.17) is 4.98 Å².